The van der Waals surface area contributed by atoms with E-state index < -0.39 is 0 Å². The first-order valence-electron chi connectivity index (χ1n) is 15.3. The summed E-state index contributed by atoms with van der Waals surface area (Å²) in [6.07, 6.45) is 13.3. The minimum absolute atomic E-state index is 0. The van der Waals surface area contributed by atoms with Gasteiger partial charge in [-0.15, -0.1) is 36.8 Å². The molecule has 0 fully saturated rings. The molecule has 240 valence electrons. The molecule has 0 heterocycles. The molecule has 0 N–H and O–H groups in total. The SMILES string of the molecule is CC(C)(C)c1c[c-]c2c(c1)-c1cc(C(C)(C)C)ccc1C2.Cl.Cl.[C-]1=CC=CC1.[Zr+2]=[C](Cc1ccc(I)cc1)Cc1ccc(I)cc1. The number of allylic oxidation sites excluding steroid dienone is 4. The molecule has 4 aromatic rings. The fraction of sp³-hybridized carbons (Fsp3) is 0.293. The van der Waals surface area contributed by atoms with E-state index in [1.54, 1.807) is 27.4 Å². The first kappa shape index (κ1) is 41.3. The molecule has 0 aliphatic heterocycles. The fourth-order valence-electron chi connectivity index (χ4n) is 5.08. The molecule has 0 saturated carbocycles. The van der Waals surface area contributed by atoms with Crippen molar-refractivity contribution in [3.63, 3.8) is 0 Å². The van der Waals surface area contributed by atoms with Gasteiger partial charge >= 0.3 is 152 Å². The third-order valence-electron chi connectivity index (χ3n) is 7.77. The molecule has 0 bridgehead atoms. The molecule has 6 rings (SSSR count). The number of hydrogen-bond donors (Lipinski definition) is 0. The molecule has 46 heavy (non-hydrogen) atoms. The van der Waals surface area contributed by atoms with Gasteiger partial charge in [0.2, 0.25) is 0 Å². The van der Waals surface area contributed by atoms with Gasteiger partial charge in [-0.05, 0) is 17.4 Å². The van der Waals surface area contributed by atoms with Crippen LogP contribution in [0.2, 0.25) is 0 Å². The van der Waals surface area contributed by atoms with E-state index in [2.05, 4.69) is 184 Å². The van der Waals surface area contributed by atoms with Crippen LogP contribution in [0, 0.1) is 19.3 Å². The van der Waals surface area contributed by atoms with E-state index in [9.17, 15) is 0 Å². The van der Waals surface area contributed by atoms with E-state index in [0.29, 0.717) is 0 Å². The topological polar surface area (TPSA) is 0 Å². The summed E-state index contributed by atoms with van der Waals surface area (Å²) in [6, 6.07) is 32.7. The van der Waals surface area contributed by atoms with Gasteiger partial charge < -0.3 is 0 Å². The zero-order valence-electron chi connectivity index (χ0n) is 27.6. The van der Waals surface area contributed by atoms with Gasteiger partial charge in [0.15, 0.2) is 0 Å². The van der Waals surface area contributed by atoms with Crippen molar-refractivity contribution in [3.8, 4) is 11.1 Å². The third-order valence-corrected chi connectivity index (χ3v) is 10.1. The predicted octanol–water partition coefficient (Wildman–Crippen LogP) is 12.2. The van der Waals surface area contributed by atoms with E-state index in [4.69, 9.17) is 0 Å². The van der Waals surface area contributed by atoms with E-state index in [0.717, 1.165) is 25.7 Å². The van der Waals surface area contributed by atoms with E-state index in [-0.39, 0.29) is 35.6 Å². The number of fused-ring (bicyclic) bond motifs is 3. The van der Waals surface area contributed by atoms with E-state index in [1.165, 1.54) is 51.6 Å². The van der Waals surface area contributed by atoms with Crippen molar-refractivity contribution in [1.82, 2.24) is 0 Å². The molecule has 0 spiro atoms. The number of halogens is 4. The molecule has 5 heteroatoms. The standard InChI is InChI=1S/C21H25.C15H12I2.C5H5.2ClH.Zr/c1-20(2,3)16-9-7-14-11-15-8-10-17(21(4,5)6)13-19(15)18(14)12-16;16-14-8-4-12(5-9-14)2-1-3-13-6-10-15(17)11-7-13;1-2-4-5-3-1;;;/h7,9-10,12-13H,11H2,1-6H3;4-11H,2-3H2;1-3H,4H2;2*1H;/q-1;;-1;;;+2. The monoisotopic (exact) mass is 950 g/mol. The van der Waals surface area contributed by atoms with Crippen LogP contribution in [-0.4, -0.2) is 3.21 Å². The van der Waals surface area contributed by atoms with Crippen molar-refractivity contribution in [3.05, 3.63) is 150 Å². The van der Waals surface area contributed by atoms with Crippen LogP contribution in [0.1, 0.15) is 81.3 Å². The Kier molecular flexibility index (Phi) is 16.9. The number of benzene rings is 4. The quantitative estimate of drug-likeness (QED) is 0.124. The molecule has 4 aromatic carbocycles. The Balaban J connectivity index is 0.000000270. The van der Waals surface area contributed by atoms with Crippen LogP contribution < -0.4 is 0 Å². The Morgan fingerprint density at radius 2 is 1.24 bits per heavy atom. The molecule has 0 saturated heterocycles. The molecule has 0 unspecified atom stereocenters. The van der Waals surface area contributed by atoms with E-state index in [1.807, 2.05) is 12.2 Å². The van der Waals surface area contributed by atoms with Gasteiger partial charge in [0.25, 0.3) is 0 Å². The van der Waals surface area contributed by atoms with Gasteiger partial charge in [-0.3, -0.25) is 6.08 Å². The first-order chi connectivity index (χ1) is 20.8. The summed E-state index contributed by atoms with van der Waals surface area (Å²) in [7, 11) is 0. The molecule has 0 radical (unpaired) electrons. The Morgan fingerprint density at radius 3 is 1.67 bits per heavy atom. The fourth-order valence-corrected chi connectivity index (χ4v) is 6.81. The van der Waals surface area contributed by atoms with Crippen LogP contribution >= 0.6 is 70.0 Å². The molecule has 0 atom stereocenters. The molecular formula is C41H44Cl2I2Zr. The molecule has 0 amide bonds. The van der Waals surface area contributed by atoms with Crippen molar-refractivity contribution in [2.75, 3.05) is 0 Å². The summed E-state index contributed by atoms with van der Waals surface area (Å²) in [6.45, 7) is 13.6. The average molecular weight is 953 g/mol. The van der Waals surface area contributed by atoms with Gasteiger partial charge in [-0.25, -0.2) is 12.2 Å². The minimum atomic E-state index is 0. The Bertz CT molecular complexity index is 1520. The van der Waals surface area contributed by atoms with Crippen molar-refractivity contribution >= 4 is 73.2 Å². The average Bonchev–Trinajstić information content (AvgIpc) is 3.66. The Morgan fingerprint density at radius 1 is 0.717 bits per heavy atom. The number of rotatable bonds is 4. The molecule has 0 aromatic heterocycles. The number of hydrogen-bond acceptors (Lipinski definition) is 0. The summed E-state index contributed by atoms with van der Waals surface area (Å²) in [5.74, 6) is 0. The van der Waals surface area contributed by atoms with Gasteiger partial charge in [0, 0.05) is 0 Å². The van der Waals surface area contributed by atoms with Gasteiger partial charge in [0.1, 0.15) is 0 Å². The van der Waals surface area contributed by atoms with Crippen molar-refractivity contribution in [2.24, 2.45) is 0 Å². The second-order valence-corrected chi connectivity index (χ2v) is 17.8. The van der Waals surface area contributed by atoms with Crippen molar-refractivity contribution in [2.45, 2.75) is 78.1 Å². The maximum atomic E-state index is 3.53. The zero-order chi connectivity index (χ0) is 31.9. The van der Waals surface area contributed by atoms with Crippen LogP contribution in [0.15, 0.2) is 97.1 Å². The normalized spacial score (nSPS) is 12.4. The summed E-state index contributed by atoms with van der Waals surface area (Å²) in [5.41, 5.74) is 11.6. The first-order valence-corrected chi connectivity index (χ1v) is 18.6. The summed E-state index contributed by atoms with van der Waals surface area (Å²) >= 11 is 6.25. The van der Waals surface area contributed by atoms with Crippen LogP contribution in [0.5, 0.6) is 0 Å². The van der Waals surface area contributed by atoms with Crippen LogP contribution in [0.3, 0.4) is 0 Å². The maximum absolute atomic E-state index is 3.53. The second kappa shape index (κ2) is 18.8. The van der Waals surface area contributed by atoms with E-state index >= 15 is 0 Å². The Labute approximate surface area is 332 Å². The molecule has 0 nitrogen and oxygen atoms in total. The third kappa shape index (κ3) is 12.6. The summed E-state index contributed by atoms with van der Waals surface area (Å²) in [4.78, 5) is 0. The predicted molar refractivity (Wildman–Crippen MR) is 218 cm³/mol. The second-order valence-electron chi connectivity index (χ2n) is 13.5. The summed E-state index contributed by atoms with van der Waals surface area (Å²) < 4.78 is 4.21. The molecule has 2 aliphatic rings. The zero-order valence-corrected chi connectivity index (χ0v) is 36.0. The van der Waals surface area contributed by atoms with Crippen LogP contribution in [0.25, 0.3) is 11.1 Å². The summed E-state index contributed by atoms with van der Waals surface area (Å²) in [5, 5.41) is 0. The van der Waals surface area contributed by atoms with Crippen molar-refractivity contribution in [1.29, 1.82) is 0 Å². The van der Waals surface area contributed by atoms with Gasteiger partial charge in [0.05, 0.1) is 0 Å². The van der Waals surface area contributed by atoms with Crippen LogP contribution in [0.4, 0.5) is 0 Å². The van der Waals surface area contributed by atoms with Crippen LogP contribution in [-0.2, 0) is 54.3 Å². The molecule has 2 aliphatic carbocycles. The Hall–Kier alpha value is -0.847. The van der Waals surface area contributed by atoms with Gasteiger partial charge in [-0.2, -0.15) is 35.4 Å². The van der Waals surface area contributed by atoms with Gasteiger partial charge in [-0.1, -0.05) is 76.3 Å². The molecular weight excluding hydrogens is 908 g/mol. The van der Waals surface area contributed by atoms with Crippen molar-refractivity contribution < 1.29 is 24.2 Å².